The van der Waals surface area contributed by atoms with Crippen LogP contribution in [0.4, 0.5) is 0 Å². The van der Waals surface area contributed by atoms with Gasteiger partial charge in [0.2, 0.25) is 5.91 Å². The maximum Gasteiger partial charge on any atom is 0.222 e. The minimum absolute atomic E-state index is 0.255. The molecule has 0 bridgehead atoms. The molecule has 4 nitrogen and oxygen atoms in total. The van der Waals surface area contributed by atoms with E-state index in [-0.39, 0.29) is 5.91 Å². The number of nitrogens with zero attached hydrogens (tertiary/aromatic N) is 3. The normalized spacial score (nSPS) is 16.1. The Morgan fingerprint density at radius 2 is 2.40 bits per heavy atom. The number of amides is 1. The standard InChI is InChI=1S/C10H12BrN3O/c11-8-3-5-12-9(13-8)4-7-14-6-1-2-10(14)15/h3,5H,1-2,4,6-7H2. The molecule has 1 aromatic heterocycles. The van der Waals surface area contributed by atoms with Crippen LogP contribution in [0.3, 0.4) is 0 Å². The molecule has 0 saturated carbocycles. The van der Waals surface area contributed by atoms with E-state index in [1.807, 2.05) is 4.90 Å². The van der Waals surface area contributed by atoms with Crippen LogP contribution in [0.5, 0.6) is 0 Å². The molecule has 5 heteroatoms. The molecule has 0 aromatic carbocycles. The number of carbonyl (C=O) groups excluding carboxylic acids is 1. The lowest BCUT2D eigenvalue weighted by Crippen LogP contribution is -2.27. The predicted molar refractivity (Wildman–Crippen MR) is 59.3 cm³/mol. The van der Waals surface area contributed by atoms with Crippen molar-refractivity contribution in [3.8, 4) is 0 Å². The summed E-state index contributed by atoms with van der Waals surface area (Å²) in [7, 11) is 0. The Hall–Kier alpha value is -0.970. The van der Waals surface area contributed by atoms with E-state index in [0.717, 1.165) is 36.4 Å². The summed E-state index contributed by atoms with van der Waals surface area (Å²) in [5, 5.41) is 0. The number of likely N-dealkylation sites (tertiary alicyclic amines) is 1. The smallest absolute Gasteiger partial charge is 0.222 e. The highest BCUT2D eigenvalue weighted by Gasteiger charge is 2.19. The van der Waals surface area contributed by atoms with E-state index in [2.05, 4.69) is 25.9 Å². The third-order valence-electron chi connectivity index (χ3n) is 2.45. The summed E-state index contributed by atoms with van der Waals surface area (Å²) in [6, 6.07) is 1.80. The quantitative estimate of drug-likeness (QED) is 0.780. The average Bonchev–Trinajstić information content (AvgIpc) is 2.61. The SMILES string of the molecule is O=C1CCCN1CCc1nccc(Br)n1. The summed E-state index contributed by atoms with van der Waals surface area (Å²) in [5.74, 6) is 1.04. The first kappa shape index (κ1) is 10.5. The van der Waals surface area contributed by atoms with Gasteiger partial charge in [0.25, 0.3) is 0 Å². The van der Waals surface area contributed by atoms with Gasteiger partial charge in [-0.3, -0.25) is 4.79 Å². The molecule has 2 heterocycles. The van der Waals surface area contributed by atoms with E-state index in [0.29, 0.717) is 6.42 Å². The first-order valence-electron chi connectivity index (χ1n) is 5.01. The molecule has 15 heavy (non-hydrogen) atoms. The summed E-state index contributed by atoms with van der Waals surface area (Å²) < 4.78 is 0.792. The van der Waals surface area contributed by atoms with Crippen molar-refractivity contribution < 1.29 is 4.79 Å². The zero-order chi connectivity index (χ0) is 10.7. The molecule has 0 aliphatic carbocycles. The van der Waals surface area contributed by atoms with E-state index in [9.17, 15) is 4.79 Å². The van der Waals surface area contributed by atoms with Crippen molar-refractivity contribution in [1.29, 1.82) is 0 Å². The van der Waals surface area contributed by atoms with E-state index >= 15 is 0 Å². The van der Waals surface area contributed by atoms with Gasteiger partial charge in [-0.05, 0) is 28.4 Å². The Morgan fingerprint density at radius 3 is 3.07 bits per heavy atom. The molecule has 0 atom stereocenters. The Kier molecular flexibility index (Phi) is 3.30. The predicted octanol–water partition coefficient (Wildman–Crippen LogP) is 1.40. The summed E-state index contributed by atoms with van der Waals surface area (Å²) in [4.78, 5) is 21.6. The molecule has 80 valence electrons. The van der Waals surface area contributed by atoms with E-state index in [4.69, 9.17) is 0 Å². The van der Waals surface area contributed by atoms with E-state index in [1.165, 1.54) is 0 Å². The van der Waals surface area contributed by atoms with Crippen molar-refractivity contribution in [2.24, 2.45) is 0 Å². The van der Waals surface area contributed by atoms with Gasteiger partial charge in [-0.25, -0.2) is 9.97 Å². The topological polar surface area (TPSA) is 46.1 Å². The Balaban J connectivity index is 1.90. The van der Waals surface area contributed by atoms with Gasteiger partial charge in [0.1, 0.15) is 10.4 Å². The summed E-state index contributed by atoms with van der Waals surface area (Å²) in [5.41, 5.74) is 0. The van der Waals surface area contributed by atoms with Crippen molar-refractivity contribution in [1.82, 2.24) is 14.9 Å². The largest absolute Gasteiger partial charge is 0.342 e. The van der Waals surface area contributed by atoms with Gasteiger partial charge in [0.05, 0.1) is 0 Å². The second kappa shape index (κ2) is 4.70. The lowest BCUT2D eigenvalue weighted by Gasteiger charge is -2.14. The molecule has 1 aromatic rings. The van der Waals surface area contributed by atoms with Crippen LogP contribution in [-0.4, -0.2) is 33.9 Å². The van der Waals surface area contributed by atoms with Crippen LogP contribution in [0.15, 0.2) is 16.9 Å². The second-order valence-corrected chi connectivity index (χ2v) is 4.34. The zero-order valence-electron chi connectivity index (χ0n) is 8.32. The Morgan fingerprint density at radius 1 is 1.53 bits per heavy atom. The average molecular weight is 270 g/mol. The molecule has 1 aliphatic rings. The molecule has 1 aliphatic heterocycles. The zero-order valence-corrected chi connectivity index (χ0v) is 9.90. The Bertz CT molecular complexity index is 369. The fraction of sp³-hybridized carbons (Fsp3) is 0.500. The van der Waals surface area contributed by atoms with Gasteiger partial charge in [-0.15, -0.1) is 0 Å². The second-order valence-electron chi connectivity index (χ2n) is 3.53. The molecule has 1 saturated heterocycles. The summed E-state index contributed by atoms with van der Waals surface area (Å²) >= 11 is 3.30. The maximum absolute atomic E-state index is 11.3. The van der Waals surface area contributed by atoms with Crippen LogP contribution in [-0.2, 0) is 11.2 Å². The fourth-order valence-electron chi connectivity index (χ4n) is 1.67. The van der Waals surface area contributed by atoms with E-state index < -0.39 is 0 Å². The molecule has 2 rings (SSSR count). The van der Waals surface area contributed by atoms with Crippen LogP contribution < -0.4 is 0 Å². The highest BCUT2D eigenvalue weighted by molar-refractivity contribution is 9.10. The number of hydrogen-bond donors (Lipinski definition) is 0. The van der Waals surface area contributed by atoms with Crippen molar-refractivity contribution in [3.05, 3.63) is 22.7 Å². The number of halogens is 1. The number of aromatic nitrogens is 2. The van der Waals surface area contributed by atoms with Gasteiger partial charge < -0.3 is 4.90 Å². The molecule has 0 unspecified atom stereocenters. The van der Waals surface area contributed by atoms with Crippen molar-refractivity contribution in [3.63, 3.8) is 0 Å². The third kappa shape index (κ3) is 2.75. The molecule has 1 amide bonds. The fourth-order valence-corrected chi connectivity index (χ4v) is 1.99. The minimum Gasteiger partial charge on any atom is -0.342 e. The van der Waals surface area contributed by atoms with Crippen LogP contribution in [0.2, 0.25) is 0 Å². The number of rotatable bonds is 3. The summed E-state index contributed by atoms with van der Waals surface area (Å²) in [6.07, 6.45) is 4.13. The first-order chi connectivity index (χ1) is 7.25. The van der Waals surface area contributed by atoms with Gasteiger partial charge in [-0.2, -0.15) is 0 Å². The molecule has 0 radical (unpaired) electrons. The van der Waals surface area contributed by atoms with Crippen molar-refractivity contribution >= 4 is 21.8 Å². The number of carbonyl (C=O) groups is 1. The van der Waals surface area contributed by atoms with Crippen molar-refractivity contribution in [2.75, 3.05) is 13.1 Å². The van der Waals surface area contributed by atoms with Crippen LogP contribution in [0, 0.1) is 0 Å². The first-order valence-corrected chi connectivity index (χ1v) is 5.80. The van der Waals surface area contributed by atoms with E-state index in [1.54, 1.807) is 12.3 Å². The third-order valence-corrected chi connectivity index (χ3v) is 2.89. The summed E-state index contributed by atoms with van der Waals surface area (Å²) in [6.45, 7) is 1.61. The maximum atomic E-state index is 11.3. The monoisotopic (exact) mass is 269 g/mol. The molecule has 0 N–H and O–H groups in total. The molecular formula is C10H12BrN3O. The van der Waals surface area contributed by atoms with Crippen LogP contribution >= 0.6 is 15.9 Å². The van der Waals surface area contributed by atoms with Gasteiger partial charge >= 0.3 is 0 Å². The molecular weight excluding hydrogens is 258 g/mol. The Labute approximate surface area is 96.8 Å². The van der Waals surface area contributed by atoms with Gasteiger partial charge in [-0.1, -0.05) is 0 Å². The molecule has 1 fully saturated rings. The highest BCUT2D eigenvalue weighted by atomic mass is 79.9. The van der Waals surface area contributed by atoms with Crippen molar-refractivity contribution in [2.45, 2.75) is 19.3 Å². The highest BCUT2D eigenvalue weighted by Crippen LogP contribution is 2.10. The molecule has 0 spiro atoms. The van der Waals surface area contributed by atoms with Gasteiger partial charge in [0, 0.05) is 32.1 Å². The number of hydrogen-bond acceptors (Lipinski definition) is 3. The lowest BCUT2D eigenvalue weighted by atomic mass is 10.3. The van der Waals surface area contributed by atoms with Gasteiger partial charge in [0.15, 0.2) is 0 Å². The van der Waals surface area contributed by atoms with Crippen LogP contribution in [0.1, 0.15) is 18.7 Å². The van der Waals surface area contributed by atoms with Crippen LogP contribution in [0.25, 0.3) is 0 Å². The lowest BCUT2D eigenvalue weighted by molar-refractivity contribution is -0.127. The minimum atomic E-state index is 0.255.